The van der Waals surface area contributed by atoms with Gasteiger partial charge in [-0.15, -0.1) is 0 Å². The average Bonchev–Trinajstić information content (AvgIpc) is 1.95. The third kappa shape index (κ3) is 2.25. The van der Waals surface area contributed by atoms with Crippen LogP contribution in [0.1, 0.15) is 25.7 Å². The first-order chi connectivity index (χ1) is 4.83. The van der Waals surface area contributed by atoms with Crippen LogP contribution in [-0.2, 0) is 5.11 Å². The Morgan fingerprint density at radius 1 is 1.30 bits per heavy atom. The zero-order valence-electron chi connectivity index (χ0n) is 6.05. The quantitative estimate of drug-likeness (QED) is 0.546. The molecule has 1 aliphatic rings. The second-order valence-electron chi connectivity index (χ2n) is 2.85. The molecule has 0 bridgehead atoms. The molecule has 59 valence electrons. The summed E-state index contributed by atoms with van der Waals surface area (Å²) in [6, 6.07) is 0.362. The lowest BCUT2D eigenvalue weighted by Gasteiger charge is -2.24. The summed E-state index contributed by atoms with van der Waals surface area (Å²) in [5.41, 5.74) is 0. The second-order valence-corrected chi connectivity index (χ2v) is 2.85. The molecular formula is C7H14NO2. The maximum absolute atomic E-state index is 10.1. The van der Waals surface area contributed by atoms with Gasteiger partial charge in [0.2, 0.25) is 0 Å². The zero-order chi connectivity index (χ0) is 7.40. The van der Waals surface area contributed by atoms with Crippen LogP contribution < -0.4 is 5.32 Å². The van der Waals surface area contributed by atoms with E-state index in [1.54, 1.807) is 0 Å². The van der Waals surface area contributed by atoms with Crippen LogP contribution in [-0.4, -0.2) is 24.0 Å². The minimum atomic E-state index is -0.194. The van der Waals surface area contributed by atoms with Crippen LogP contribution >= 0.6 is 0 Å². The predicted molar refractivity (Wildman–Crippen MR) is 37.0 cm³/mol. The van der Waals surface area contributed by atoms with Crippen molar-refractivity contribution in [3.63, 3.8) is 0 Å². The van der Waals surface area contributed by atoms with E-state index in [-0.39, 0.29) is 12.8 Å². The number of rotatable bonds is 2. The smallest absolute Gasteiger partial charge is 0.133 e. The van der Waals surface area contributed by atoms with E-state index >= 15 is 0 Å². The van der Waals surface area contributed by atoms with Crippen molar-refractivity contribution in [2.24, 2.45) is 0 Å². The van der Waals surface area contributed by atoms with E-state index in [1.165, 1.54) is 0 Å². The zero-order valence-corrected chi connectivity index (χ0v) is 6.05. The number of nitrogens with one attached hydrogen (secondary N) is 1. The van der Waals surface area contributed by atoms with Gasteiger partial charge in [0.05, 0.1) is 6.10 Å². The Morgan fingerprint density at radius 3 is 2.40 bits per heavy atom. The molecule has 0 spiro atoms. The van der Waals surface area contributed by atoms with Gasteiger partial charge in [-0.05, 0) is 25.7 Å². The maximum Gasteiger partial charge on any atom is 0.133 e. The molecule has 1 saturated carbocycles. The van der Waals surface area contributed by atoms with E-state index in [1.807, 2.05) is 0 Å². The van der Waals surface area contributed by atoms with E-state index in [0.717, 1.165) is 25.7 Å². The van der Waals surface area contributed by atoms with Crippen molar-refractivity contribution in [1.29, 1.82) is 0 Å². The number of aliphatic hydroxyl groups excluding tert-OH is 1. The van der Waals surface area contributed by atoms with E-state index < -0.39 is 0 Å². The molecular weight excluding hydrogens is 130 g/mol. The fraction of sp³-hybridized carbons (Fsp3) is 1.00. The lowest BCUT2D eigenvalue weighted by molar-refractivity contribution is 0.0961. The lowest BCUT2D eigenvalue weighted by atomic mass is 9.93. The van der Waals surface area contributed by atoms with Crippen molar-refractivity contribution in [3.05, 3.63) is 0 Å². The Hall–Kier alpha value is -0.120. The molecule has 0 aliphatic heterocycles. The molecule has 1 fully saturated rings. The molecule has 0 amide bonds. The van der Waals surface area contributed by atoms with Crippen molar-refractivity contribution in [2.45, 2.75) is 37.8 Å². The van der Waals surface area contributed by atoms with Gasteiger partial charge in [0.25, 0.3) is 0 Å². The van der Waals surface area contributed by atoms with E-state index in [0.29, 0.717) is 6.04 Å². The Labute approximate surface area is 61.1 Å². The molecule has 0 aromatic rings. The van der Waals surface area contributed by atoms with Crippen LogP contribution in [0.2, 0.25) is 0 Å². The van der Waals surface area contributed by atoms with Crippen LogP contribution in [0.4, 0.5) is 0 Å². The van der Waals surface area contributed by atoms with Crippen molar-refractivity contribution in [1.82, 2.24) is 5.32 Å². The van der Waals surface area contributed by atoms with Gasteiger partial charge >= 0.3 is 0 Å². The average molecular weight is 144 g/mol. The topological polar surface area (TPSA) is 52.2 Å². The minimum Gasteiger partial charge on any atom is -0.393 e. The third-order valence-electron chi connectivity index (χ3n) is 2.07. The molecule has 1 rings (SSSR count). The summed E-state index contributed by atoms with van der Waals surface area (Å²) in [6.07, 6.45) is 3.46. The Balaban J connectivity index is 2.13. The standard InChI is InChI=1S/C7H14NO2/c9-5-8-6-1-3-7(10)4-2-6/h6-8,10H,1-5H2/t6-,7-. The summed E-state index contributed by atoms with van der Waals surface area (Å²) in [5, 5.41) is 22.0. The van der Waals surface area contributed by atoms with Crippen LogP contribution in [0.3, 0.4) is 0 Å². The van der Waals surface area contributed by atoms with Gasteiger partial charge < -0.3 is 5.11 Å². The van der Waals surface area contributed by atoms with Crippen molar-refractivity contribution in [3.8, 4) is 0 Å². The molecule has 3 heteroatoms. The fourth-order valence-corrected chi connectivity index (χ4v) is 1.40. The summed E-state index contributed by atoms with van der Waals surface area (Å²) in [5.74, 6) is 0. The van der Waals surface area contributed by atoms with Crippen LogP contribution in [0.5, 0.6) is 0 Å². The summed E-state index contributed by atoms with van der Waals surface area (Å²) in [6.45, 7) is -0.194. The monoisotopic (exact) mass is 144 g/mol. The van der Waals surface area contributed by atoms with Crippen LogP contribution in [0, 0.1) is 0 Å². The highest BCUT2D eigenvalue weighted by molar-refractivity contribution is 4.75. The number of hydrogen-bond donors (Lipinski definition) is 2. The van der Waals surface area contributed by atoms with Crippen molar-refractivity contribution < 1.29 is 10.2 Å². The second kappa shape index (κ2) is 3.91. The molecule has 0 atom stereocenters. The molecule has 0 saturated heterocycles. The maximum atomic E-state index is 10.1. The summed E-state index contributed by atoms with van der Waals surface area (Å²) in [7, 11) is 0. The summed E-state index contributed by atoms with van der Waals surface area (Å²) in [4.78, 5) is 0. The van der Waals surface area contributed by atoms with Gasteiger partial charge in [-0.1, -0.05) is 0 Å². The molecule has 0 unspecified atom stereocenters. The van der Waals surface area contributed by atoms with Crippen LogP contribution in [0.25, 0.3) is 0 Å². The van der Waals surface area contributed by atoms with E-state index in [4.69, 9.17) is 5.11 Å². The normalized spacial score (nSPS) is 34.2. The van der Waals surface area contributed by atoms with Crippen molar-refractivity contribution >= 4 is 0 Å². The molecule has 1 radical (unpaired) electrons. The van der Waals surface area contributed by atoms with Crippen molar-refractivity contribution in [2.75, 3.05) is 6.73 Å². The first-order valence-electron chi connectivity index (χ1n) is 3.82. The Kier molecular flexibility index (Phi) is 3.12. The highest BCUT2D eigenvalue weighted by Crippen LogP contribution is 2.17. The van der Waals surface area contributed by atoms with Gasteiger partial charge in [-0.3, -0.25) is 5.32 Å². The largest absolute Gasteiger partial charge is 0.393 e. The summed E-state index contributed by atoms with van der Waals surface area (Å²) >= 11 is 0. The SMILES string of the molecule is [O]CN[C@H]1CC[C@H](O)CC1. The number of hydrogen-bond acceptors (Lipinski definition) is 2. The van der Waals surface area contributed by atoms with Gasteiger partial charge in [0, 0.05) is 6.04 Å². The van der Waals surface area contributed by atoms with Crippen LogP contribution in [0.15, 0.2) is 0 Å². The molecule has 2 N–H and O–H groups in total. The molecule has 0 aromatic carbocycles. The first kappa shape index (κ1) is 7.98. The third-order valence-corrected chi connectivity index (χ3v) is 2.07. The highest BCUT2D eigenvalue weighted by Gasteiger charge is 2.17. The van der Waals surface area contributed by atoms with Gasteiger partial charge in [-0.2, -0.15) is 0 Å². The van der Waals surface area contributed by atoms with E-state index in [9.17, 15) is 5.11 Å². The van der Waals surface area contributed by atoms with Gasteiger partial charge in [0.1, 0.15) is 6.73 Å². The fourth-order valence-electron chi connectivity index (χ4n) is 1.40. The van der Waals surface area contributed by atoms with Gasteiger partial charge in [0.15, 0.2) is 0 Å². The van der Waals surface area contributed by atoms with Gasteiger partial charge in [-0.25, -0.2) is 5.11 Å². The Bertz CT molecular complexity index is 89.6. The van der Waals surface area contributed by atoms with E-state index in [2.05, 4.69) is 5.32 Å². The summed E-state index contributed by atoms with van der Waals surface area (Å²) < 4.78 is 0. The molecule has 1 aliphatic carbocycles. The molecule has 10 heavy (non-hydrogen) atoms. The Morgan fingerprint density at radius 2 is 1.90 bits per heavy atom. The molecule has 0 aromatic heterocycles. The first-order valence-corrected chi connectivity index (χ1v) is 3.82. The lowest BCUT2D eigenvalue weighted by Crippen LogP contribution is -2.34. The molecule has 0 heterocycles. The minimum absolute atomic E-state index is 0.121. The number of aliphatic hydroxyl groups is 1. The predicted octanol–water partition coefficient (Wildman–Crippen LogP) is 0.267. The highest BCUT2D eigenvalue weighted by atomic mass is 16.3. The molecule has 3 nitrogen and oxygen atoms in total.